The number of halogens is 2. The minimum absolute atomic E-state index is 0.0161. The van der Waals surface area contributed by atoms with Gasteiger partial charge in [-0.25, -0.2) is 14.4 Å². The number of thiazole rings is 1. The number of benzene rings is 1. The van der Waals surface area contributed by atoms with Gasteiger partial charge in [0.25, 0.3) is 5.91 Å². The van der Waals surface area contributed by atoms with E-state index in [0.717, 1.165) is 16.4 Å². The molecule has 0 spiro atoms. The SMILES string of the molecule is Cc1nc(NC(=O)COc2ccc(Br)cc2F)sc1-c1nccn1C. The number of ether oxygens (including phenoxy) is 1. The van der Waals surface area contributed by atoms with Crippen LogP contribution in [-0.4, -0.2) is 27.0 Å². The summed E-state index contributed by atoms with van der Waals surface area (Å²) in [5.74, 6) is -0.155. The molecule has 1 aromatic carbocycles. The third-order valence-corrected chi connectivity index (χ3v) is 4.88. The van der Waals surface area contributed by atoms with E-state index in [4.69, 9.17) is 4.74 Å². The van der Waals surface area contributed by atoms with E-state index in [9.17, 15) is 9.18 Å². The van der Waals surface area contributed by atoms with Crippen LogP contribution < -0.4 is 10.1 Å². The van der Waals surface area contributed by atoms with E-state index in [-0.39, 0.29) is 12.4 Å². The van der Waals surface area contributed by atoms with Crippen LogP contribution in [0.2, 0.25) is 0 Å². The van der Waals surface area contributed by atoms with Crippen LogP contribution in [0.15, 0.2) is 35.1 Å². The Labute approximate surface area is 155 Å². The van der Waals surface area contributed by atoms with Crippen molar-refractivity contribution >= 4 is 38.3 Å². The fourth-order valence-corrected chi connectivity index (χ4v) is 3.49. The van der Waals surface area contributed by atoms with Gasteiger partial charge in [0.1, 0.15) is 0 Å². The maximum atomic E-state index is 13.7. The second-order valence-electron chi connectivity index (χ2n) is 5.21. The van der Waals surface area contributed by atoms with Crippen molar-refractivity contribution in [2.45, 2.75) is 6.92 Å². The number of nitrogens with one attached hydrogen (secondary N) is 1. The van der Waals surface area contributed by atoms with E-state index < -0.39 is 11.7 Å². The van der Waals surface area contributed by atoms with Crippen molar-refractivity contribution in [1.82, 2.24) is 14.5 Å². The van der Waals surface area contributed by atoms with Crippen molar-refractivity contribution in [3.8, 4) is 16.5 Å². The van der Waals surface area contributed by atoms with Crippen LogP contribution in [0, 0.1) is 12.7 Å². The van der Waals surface area contributed by atoms with Crippen molar-refractivity contribution in [3.63, 3.8) is 0 Å². The number of carbonyl (C=O) groups is 1. The van der Waals surface area contributed by atoms with Crippen LogP contribution in [-0.2, 0) is 11.8 Å². The summed E-state index contributed by atoms with van der Waals surface area (Å²) in [6, 6.07) is 4.37. The van der Waals surface area contributed by atoms with Crippen LogP contribution in [0.25, 0.3) is 10.7 Å². The zero-order valence-electron chi connectivity index (χ0n) is 13.4. The fourth-order valence-electron chi connectivity index (χ4n) is 2.13. The fraction of sp³-hybridized carbons (Fsp3) is 0.188. The van der Waals surface area contributed by atoms with Crippen LogP contribution in [0.4, 0.5) is 9.52 Å². The molecule has 130 valence electrons. The van der Waals surface area contributed by atoms with Crippen LogP contribution in [0.1, 0.15) is 5.69 Å². The summed E-state index contributed by atoms with van der Waals surface area (Å²) in [6.07, 6.45) is 3.54. The Morgan fingerprint density at radius 3 is 2.96 bits per heavy atom. The van der Waals surface area contributed by atoms with E-state index >= 15 is 0 Å². The van der Waals surface area contributed by atoms with Gasteiger partial charge in [0.05, 0.1) is 10.6 Å². The van der Waals surface area contributed by atoms with E-state index in [1.165, 1.54) is 23.5 Å². The maximum absolute atomic E-state index is 13.7. The monoisotopic (exact) mass is 424 g/mol. The number of hydrogen-bond acceptors (Lipinski definition) is 5. The zero-order valence-corrected chi connectivity index (χ0v) is 15.8. The molecule has 0 fully saturated rings. The molecule has 3 aromatic rings. The van der Waals surface area contributed by atoms with Gasteiger partial charge in [-0.1, -0.05) is 27.3 Å². The highest BCUT2D eigenvalue weighted by atomic mass is 79.9. The largest absolute Gasteiger partial charge is 0.481 e. The van der Waals surface area contributed by atoms with Gasteiger partial charge in [-0.3, -0.25) is 10.1 Å². The van der Waals surface area contributed by atoms with Gasteiger partial charge < -0.3 is 9.30 Å². The van der Waals surface area contributed by atoms with E-state index in [2.05, 4.69) is 31.2 Å². The first-order chi connectivity index (χ1) is 11.9. The standard InChI is InChI=1S/C16H14BrFN4O2S/c1-9-14(15-19-5-6-22(15)2)25-16(20-9)21-13(23)8-24-12-4-3-10(17)7-11(12)18/h3-7H,8H2,1-2H3,(H,20,21,23). The summed E-state index contributed by atoms with van der Waals surface area (Å²) in [5.41, 5.74) is 0.773. The summed E-state index contributed by atoms with van der Waals surface area (Å²) >= 11 is 4.49. The molecule has 6 nitrogen and oxygen atoms in total. The van der Waals surface area contributed by atoms with Crippen molar-refractivity contribution < 1.29 is 13.9 Å². The summed E-state index contributed by atoms with van der Waals surface area (Å²) < 4.78 is 21.4. The molecular weight excluding hydrogens is 411 g/mol. The van der Waals surface area contributed by atoms with Crippen molar-refractivity contribution in [1.29, 1.82) is 0 Å². The Balaban J connectivity index is 1.64. The Kier molecular flexibility index (Phi) is 5.14. The minimum atomic E-state index is -0.538. The Hall–Kier alpha value is -2.26. The molecule has 2 aromatic heterocycles. The molecule has 0 aliphatic heterocycles. The molecule has 0 bridgehead atoms. The molecule has 1 N–H and O–H groups in total. The van der Waals surface area contributed by atoms with E-state index in [1.807, 2.05) is 24.7 Å². The number of hydrogen-bond donors (Lipinski definition) is 1. The minimum Gasteiger partial charge on any atom is -0.481 e. The number of nitrogens with zero attached hydrogens (tertiary/aromatic N) is 3. The topological polar surface area (TPSA) is 69.0 Å². The van der Waals surface area contributed by atoms with E-state index in [1.54, 1.807) is 12.3 Å². The summed E-state index contributed by atoms with van der Waals surface area (Å²) in [7, 11) is 1.89. The lowest BCUT2D eigenvalue weighted by atomic mass is 10.3. The lowest BCUT2D eigenvalue weighted by Gasteiger charge is -2.07. The average Bonchev–Trinajstić information content (AvgIpc) is 3.11. The van der Waals surface area contributed by atoms with Gasteiger partial charge >= 0.3 is 0 Å². The van der Waals surface area contributed by atoms with Gasteiger partial charge in [0, 0.05) is 23.9 Å². The molecule has 2 heterocycles. The smallest absolute Gasteiger partial charge is 0.264 e. The van der Waals surface area contributed by atoms with Gasteiger partial charge in [0.15, 0.2) is 29.1 Å². The lowest BCUT2D eigenvalue weighted by molar-refractivity contribution is -0.118. The van der Waals surface area contributed by atoms with Crippen LogP contribution in [0.5, 0.6) is 5.75 Å². The number of imidazole rings is 1. The quantitative estimate of drug-likeness (QED) is 0.676. The van der Waals surface area contributed by atoms with Crippen LogP contribution in [0.3, 0.4) is 0 Å². The van der Waals surface area contributed by atoms with Crippen molar-refractivity contribution in [2.24, 2.45) is 7.05 Å². The Morgan fingerprint density at radius 2 is 2.28 bits per heavy atom. The third-order valence-electron chi connectivity index (χ3n) is 3.32. The molecular formula is C16H14BrFN4O2S. The number of aromatic nitrogens is 3. The second kappa shape index (κ2) is 7.32. The molecule has 1 amide bonds. The van der Waals surface area contributed by atoms with Crippen molar-refractivity contribution in [3.05, 3.63) is 46.6 Å². The molecule has 3 rings (SSSR count). The first kappa shape index (κ1) is 17.6. The third kappa shape index (κ3) is 4.05. The Morgan fingerprint density at radius 1 is 1.48 bits per heavy atom. The summed E-state index contributed by atoms with van der Waals surface area (Å²) in [6.45, 7) is 1.54. The average molecular weight is 425 g/mol. The highest BCUT2D eigenvalue weighted by molar-refractivity contribution is 9.10. The van der Waals surface area contributed by atoms with Crippen LogP contribution >= 0.6 is 27.3 Å². The van der Waals surface area contributed by atoms with E-state index in [0.29, 0.717) is 9.60 Å². The highest BCUT2D eigenvalue weighted by Crippen LogP contribution is 2.31. The maximum Gasteiger partial charge on any atom is 0.264 e. The predicted molar refractivity (Wildman–Crippen MR) is 97.3 cm³/mol. The molecule has 0 unspecified atom stereocenters. The van der Waals surface area contributed by atoms with Crippen molar-refractivity contribution in [2.75, 3.05) is 11.9 Å². The number of rotatable bonds is 5. The highest BCUT2D eigenvalue weighted by Gasteiger charge is 2.15. The van der Waals surface area contributed by atoms with Gasteiger partial charge in [-0.2, -0.15) is 0 Å². The molecule has 9 heteroatoms. The zero-order chi connectivity index (χ0) is 18.0. The molecule has 25 heavy (non-hydrogen) atoms. The molecule has 0 atom stereocenters. The summed E-state index contributed by atoms with van der Waals surface area (Å²) in [4.78, 5) is 21.5. The number of amides is 1. The second-order valence-corrected chi connectivity index (χ2v) is 7.12. The van der Waals surface area contributed by atoms with Gasteiger partial charge in [-0.05, 0) is 25.1 Å². The Bertz CT molecular complexity index is 925. The number of aryl methyl sites for hydroxylation is 2. The first-order valence-electron chi connectivity index (χ1n) is 7.27. The molecule has 0 saturated heterocycles. The number of carbonyl (C=O) groups excluding carboxylic acids is 1. The first-order valence-corrected chi connectivity index (χ1v) is 8.88. The molecule has 0 aliphatic carbocycles. The summed E-state index contributed by atoms with van der Waals surface area (Å²) in [5, 5.41) is 3.11. The molecule has 0 radical (unpaired) electrons. The number of anilines is 1. The normalized spacial score (nSPS) is 10.7. The molecule has 0 saturated carbocycles. The van der Waals surface area contributed by atoms with Gasteiger partial charge in [-0.15, -0.1) is 0 Å². The molecule has 0 aliphatic rings. The van der Waals surface area contributed by atoms with Gasteiger partial charge in [0.2, 0.25) is 0 Å². The predicted octanol–water partition coefficient (Wildman–Crippen LogP) is 3.77. The lowest BCUT2D eigenvalue weighted by Crippen LogP contribution is -2.20.